The smallest absolute Gasteiger partial charge is 0.222 e. The third kappa shape index (κ3) is 2.86. The molecule has 1 aromatic heterocycles. The number of carbonyl (C=O) groups is 1. The molecule has 2 aromatic carbocycles. The van der Waals surface area contributed by atoms with Crippen molar-refractivity contribution >= 4 is 22.4 Å². The first-order valence-corrected chi connectivity index (χ1v) is 8.52. The zero-order chi connectivity index (χ0) is 19.1. The summed E-state index contributed by atoms with van der Waals surface area (Å²) in [6.45, 7) is 4.33. The minimum Gasteiger partial charge on any atom is -0.493 e. The summed E-state index contributed by atoms with van der Waals surface area (Å²) in [5.41, 5.74) is 3.85. The molecule has 1 aliphatic heterocycles. The molecule has 0 atom stereocenters. The first-order valence-electron chi connectivity index (χ1n) is 8.52. The fourth-order valence-corrected chi connectivity index (χ4v) is 3.55. The Morgan fingerprint density at radius 2 is 2.11 bits per heavy atom. The van der Waals surface area contributed by atoms with Crippen LogP contribution < -0.4 is 4.74 Å². The van der Waals surface area contributed by atoms with Crippen molar-refractivity contribution in [1.29, 1.82) is 0 Å². The number of nitroso groups, excluding NO2 is 1. The highest BCUT2D eigenvalue weighted by molar-refractivity contribution is 6.02. The van der Waals surface area contributed by atoms with Crippen molar-refractivity contribution in [3.8, 4) is 11.6 Å². The SMILES string of the molecule is CC(=O)c1ccc2c(N=O)c(O)n(Cc3cc(C)cc4c3OCOC4)c2c1. The van der Waals surface area contributed by atoms with Gasteiger partial charge in [-0.1, -0.05) is 23.8 Å². The molecule has 3 aromatic rings. The van der Waals surface area contributed by atoms with Crippen LogP contribution in [-0.2, 0) is 17.9 Å². The number of aromatic hydroxyl groups is 1. The molecule has 0 fully saturated rings. The maximum absolute atomic E-state index is 11.8. The minimum absolute atomic E-state index is 0.0362. The van der Waals surface area contributed by atoms with Crippen molar-refractivity contribution in [1.82, 2.24) is 4.57 Å². The van der Waals surface area contributed by atoms with Gasteiger partial charge < -0.3 is 19.1 Å². The van der Waals surface area contributed by atoms with Crippen molar-refractivity contribution in [2.75, 3.05) is 6.79 Å². The zero-order valence-corrected chi connectivity index (χ0v) is 15.0. The number of carbonyl (C=O) groups excluding carboxylic acids is 1. The van der Waals surface area contributed by atoms with E-state index in [4.69, 9.17) is 9.47 Å². The van der Waals surface area contributed by atoms with Gasteiger partial charge in [-0.25, -0.2) is 0 Å². The average Bonchev–Trinajstić information content (AvgIpc) is 2.92. The molecule has 0 amide bonds. The highest BCUT2D eigenvalue weighted by Crippen LogP contribution is 2.40. The van der Waals surface area contributed by atoms with E-state index in [1.807, 2.05) is 19.1 Å². The normalized spacial score (nSPS) is 13.3. The molecule has 7 heteroatoms. The third-order valence-corrected chi connectivity index (χ3v) is 4.77. The number of Topliss-reactive ketones (excluding diaryl/α,β-unsaturated/α-hetero) is 1. The first-order chi connectivity index (χ1) is 13.0. The summed E-state index contributed by atoms with van der Waals surface area (Å²) in [4.78, 5) is 23.0. The van der Waals surface area contributed by atoms with E-state index < -0.39 is 0 Å². The van der Waals surface area contributed by atoms with E-state index in [0.29, 0.717) is 23.1 Å². The number of hydrogen-bond acceptors (Lipinski definition) is 6. The fourth-order valence-electron chi connectivity index (χ4n) is 3.55. The Bertz CT molecular complexity index is 1080. The number of nitrogens with zero attached hydrogens (tertiary/aromatic N) is 2. The van der Waals surface area contributed by atoms with Gasteiger partial charge in [-0.3, -0.25) is 4.79 Å². The Morgan fingerprint density at radius 3 is 2.85 bits per heavy atom. The van der Waals surface area contributed by atoms with Crippen LogP contribution in [0, 0.1) is 11.8 Å². The molecule has 0 bridgehead atoms. The molecule has 1 N–H and O–H groups in total. The lowest BCUT2D eigenvalue weighted by Gasteiger charge is -2.22. The van der Waals surface area contributed by atoms with E-state index in [1.54, 1.807) is 22.8 Å². The van der Waals surface area contributed by atoms with Crippen LogP contribution in [0.2, 0.25) is 0 Å². The number of aryl methyl sites for hydroxylation is 1. The molecule has 0 saturated carbocycles. The van der Waals surface area contributed by atoms with Gasteiger partial charge in [-0.2, -0.15) is 0 Å². The molecule has 27 heavy (non-hydrogen) atoms. The second-order valence-electron chi connectivity index (χ2n) is 6.66. The van der Waals surface area contributed by atoms with E-state index in [9.17, 15) is 14.8 Å². The predicted octanol–water partition coefficient (Wildman–Crippen LogP) is 4.17. The Kier molecular flexibility index (Phi) is 4.16. The molecular weight excluding hydrogens is 348 g/mol. The van der Waals surface area contributed by atoms with Gasteiger partial charge in [0.15, 0.2) is 18.3 Å². The minimum atomic E-state index is -0.233. The molecule has 0 aliphatic carbocycles. The summed E-state index contributed by atoms with van der Waals surface area (Å²) in [5.74, 6) is 0.387. The Hall–Kier alpha value is -3.19. The number of hydrogen-bond donors (Lipinski definition) is 1. The Labute approximate surface area is 155 Å². The summed E-state index contributed by atoms with van der Waals surface area (Å²) in [7, 11) is 0. The Balaban J connectivity index is 1.91. The number of ether oxygens (including phenoxy) is 2. The van der Waals surface area contributed by atoms with Crippen molar-refractivity contribution in [3.63, 3.8) is 0 Å². The number of ketones is 1. The summed E-state index contributed by atoms with van der Waals surface area (Å²) in [6.07, 6.45) is 0. The van der Waals surface area contributed by atoms with Crippen LogP contribution in [0.25, 0.3) is 10.9 Å². The quantitative estimate of drug-likeness (QED) is 0.553. The Morgan fingerprint density at radius 1 is 1.30 bits per heavy atom. The lowest BCUT2D eigenvalue weighted by molar-refractivity contribution is -0.0171. The van der Waals surface area contributed by atoms with Crippen molar-refractivity contribution in [3.05, 3.63) is 57.5 Å². The molecule has 0 radical (unpaired) electrons. The second kappa shape index (κ2) is 6.51. The van der Waals surface area contributed by atoms with E-state index >= 15 is 0 Å². The van der Waals surface area contributed by atoms with Crippen LogP contribution >= 0.6 is 0 Å². The summed E-state index contributed by atoms with van der Waals surface area (Å²) < 4.78 is 12.6. The number of fused-ring (bicyclic) bond motifs is 2. The predicted molar refractivity (Wildman–Crippen MR) is 99.6 cm³/mol. The topological polar surface area (TPSA) is 90.1 Å². The van der Waals surface area contributed by atoms with Crippen LogP contribution in [0.15, 0.2) is 35.5 Å². The number of rotatable bonds is 4. The highest BCUT2D eigenvalue weighted by atomic mass is 16.7. The van der Waals surface area contributed by atoms with E-state index in [1.165, 1.54) is 6.92 Å². The van der Waals surface area contributed by atoms with Gasteiger partial charge in [-0.05, 0) is 31.2 Å². The van der Waals surface area contributed by atoms with Crippen LogP contribution in [0.3, 0.4) is 0 Å². The van der Waals surface area contributed by atoms with Gasteiger partial charge in [0.05, 0.1) is 18.7 Å². The van der Waals surface area contributed by atoms with E-state index in [0.717, 1.165) is 22.4 Å². The summed E-state index contributed by atoms with van der Waals surface area (Å²) in [5, 5.41) is 14.1. The molecule has 0 saturated heterocycles. The van der Waals surface area contributed by atoms with Crippen molar-refractivity contribution < 1.29 is 19.4 Å². The summed E-state index contributed by atoms with van der Waals surface area (Å²) in [6, 6.07) is 8.89. The molecule has 0 spiro atoms. The molecule has 138 valence electrons. The van der Waals surface area contributed by atoms with Crippen LogP contribution in [0.1, 0.15) is 34.0 Å². The van der Waals surface area contributed by atoms with Gasteiger partial charge >= 0.3 is 0 Å². The molecular formula is C20H18N2O5. The molecule has 0 unspecified atom stereocenters. The van der Waals surface area contributed by atoms with Gasteiger partial charge in [0.2, 0.25) is 5.88 Å². The first kappa shape index (κ1) is 17.2. The fraction of sp³-hybridized carbons (Fsp3) is 0.250. The number of aromatic nitrogens is 1. The summed E-state index contributed by atoms with van der Waals surface area (Å²) >= 11 is 0. The maximum Gasteiger partial charge on any atom is 0.222 e. The monoisotopic (exact) mass is 366 g/mol. The molecule has 2 heterocycles. The second-order valence-corrected chi connectivity index (χ2v) is 6.66. The number of benzene rings is 2. The van der Waals surface area contributed by atoms with Crippen molar-refractivity contribution in [2.45, 2.75) is 27.0 Å². The third-order valence-electron chi connectivity index (χ3n) is 4.77. The van der Waals surface area contributed by atoms with Crippen LogP contribution in [-0.4, -0.2) is 22.2 Å². The van der Waals surface area contributed by atoms with E-state index in [-0.39, 0.29) is 30.7 Å². The lowest BCUT2D eigenvalue weighted by atomic mass is 10.0. The molecule has 1 aliphatic rings. The maximum atomic E-state index is 11.8. The zero-order valence-electron chi connectivity index (χ0n) is 15.0. The lowest BCUT2D eigenvalue weighted by Crippen LogP contribution is -2.14. The average molecular weight is 366 g/mol. The van der Waals surface area contributed by atoms with Gasteiger partial charge in [0, 0.05) is 22.1 Å². The van der Waals surface area contributed by atoms with Crippen molar-refractivity contribution in [2.24, 2.45) is 5.18 Å². The van der Waals surface area contributed by atoms with Crippen LogP contribution in [0.4, 0.5) is 5.69 Å². The van der Waals surface area contributed by atoms with E-state index in [2.05, 4.69) is 5.18 Å². The van der Waals surface area contributed by atoms with Gasteiger partial charge in [-0.15, -0.1) is 4.91 Å². The van der Waals surface area contributed by atoms with Gasteiger partial charge in [0.25, 0.3) is 0 Å². The van der Waals surface area contributed by atoms with Crippen LogP contribution in [0.5, 0.6) is 11.6 Å². The largest absolute Gasteiger partial charge is 0.493 e. The molecule has 7 nitrogen and oxygen atoms in total. The highest BCUT2D eigenvalue weighted by Gasteiger charge is 2.22. The standard InChI is InChI=1S/C20H18N2O5/c1-11-5-14(19-15(6-11)9-26-10-27-19)8-22-17-7-13(12(2)23)3-4-16(17)18(21-25)20(22)24/h3-7,24H,8-10H2,1-2H3. The molecule has 4 rings (SSSR count). The van der Waals surface area contributed by atoms with Gasteiger partial charge in [0.1, 0.15) is 5.75 Å².